The molecule has 0 radical (unpaired) electrons. The first-order valence-corrected chi connectivity index (χ1v) is 6.97. The summed E-state index contributed by atoms with van der Waals surface area (Å²) in [6.45, 7) is 4.62. The molecule has 6 nitrogen and oxygen atoms in total. The molecule has 2 unspecified atom stereocenters. The van der Waals surface area contributed by atoms with Crippen LogP contribution in [0.4, 0.5) is 11.5 Å². The Balaban J connectivity index is 2.23. The molecule has 0 aromatic carbocycles. The first-order valence-electron chi connectivity index (χ1n) is 6.97. The summed E-state index contributed by atoms with van der Waals surface area (Å²) in [7, 11) is 0. The highest BCUT2D eigenvalue weighted by atomic mass is 16.2. The number of nitrogens with one attached hydrogen (secondary N) is 2. The lowest BCUT2D eigenvalue weighted by Gasteiger charge is -2.13. The van der Waals surface area contributed by atoms with Gasteiger partial charge in [-0.2, -0.15) is 0 Å². The van der Waals surface area contributed by atoms with E-state index >= 15 is 0 Å². The van der Waals surface area contributed by atoms with Gasteiger partial charge in [-0.3, -0.25) is 14.3 Å². The predicted molar refractivity (Wildman–Crippen MR) is 76.5 cm³/mol. The van der Waals surface area contributed by atoms with Gasteiger partial charge in [-0.15, -0.1) is 0 Å². The highest BCUT2D eigenvalue weighted by molar-refractivity contribution is 5.61. The molecule has 106 valence electrons. The number of hydrogen-bond donors (Lipinski definition) is 3. The average Bonchev–Trinajstić information content (AvgIpc) is 3.09. The van der Waals surface area contributed by atoms with Crippen molar-refractivity contribution in [2.75, 3.05) is 11.1 Å². The molecule has 1 aliphatic carbocycles. The standard InChI is InChI=1S/C13H22N4O2/c1-3-5-8-7-9(8)15-10-11(14)17(6-4-2)13(19)16-12(10)18/h8-9,15H,3-7,14H2,1-2H3,(H,16,18,19). The van der Waals surface area contributed by atoms with Crippen molar-refractivity contribution >= 4 is 11.5 Å². The molecule has 0 aliphatic heterocycles. The first-order chi connectivity index (χ1) is 9.08. The van der Waals surface area contributed by atoms with E-state index in [1.165, 1.54) is 4.57 Å². The van der Waals surface area contributed by atoms with E-state index in [1.54, 1.807) is 0 Å². The third-order valence-corrected chi connectivity index (χ3v) is 3.60. The number of aromatic nitrogens is 2. The summed E-state index contributed by atoms with van der Waals surface area (Å²) in [4.78, 5) is 25.8. The maximum atomic E-state index is 11.8. The number of rotatable bonds is 6. The Labute approximate surface area is 112 Å². The van der Waals surface area contributed by atoms with Crippen molar-refractivity contribution < 1.29 is 0 Å². The van der Waals surface area contributed by atoms with Crippen molar-refractivity contribution in [2.24, 2.45) is 5.92 Å². The molecular weight excluding hydrogens is 244 g/mol. The Bertz CT molecular complexity index is 561. The van der Waals surface area contributed by atoms with E-state index < -0.39 is 11.2 Å². The van der Waals surface area contributed by atoms with Gasteiger partial charge in [-0.1, -0.05) is 20.3 Å². The minimum absolute atomic E-state index is 0.248. The van der Waals surface area contributed by atoms with E-state index in [9.17, 15) is 9.59 Å². The quantitative estimate of drug-likeness (QED) is 0.719. The summed E-state index contributed by atoms with van der Waals surface area (Å²) in [5.74, 6) is 0.869. The van der Waals surface area contributed by atoms with Crippen LogP contribution in [-0.4, -0.2) is 15.6 Å². The second-order valence-corrected chi connectivity index (χ2v) is 5.21. The summed E-state index contributed by atoms with van der Waals surface area (Å²) < 4.78 is 1.42. The van der Waals surface area contributed by atoms with Crippen LogP contribution in [0.1, 0.15) is 39.5 Å². The van der Waals surface area contributed by atoms with Crippen LogP contribution in [0, 0.1) is 5.92 Å². The van der Waals surface area contributed by atoms with Gasteiger partial charge < -0.3 is 11.1 Å². The summed E-state index contributed by atoms with van der Waals surface area (Å²) in [6.07, 6.45) is 4.16. The van der Waals surface area contributed by atoms with Gasteiger partial charge in [0.25, 0.3) is 5.56 Å². The predicted octanol–water partition coefficient (Wildman–Crippen LogP) is 1.13. The highest BCUT2D eigenvalue weighted by Gasteiger charge is 2.37. The number of nitrogen functional groups attached to an aromatic ring is 1. The van der Waals surface area contributed by atoms with Gasteiger partial charge in [-0.05, 0) is 25.2 Å². The Morgan fingerprint density at radius 3 is 2.74 bits per heavy atom. The summed E-state index contributed by atoms with van der Waals surface area (Å²) in [5, 5.41) is 3.18. The zero-order valence-electron chi connectivity index (χ0n) is 11.5. The van der Waals surface area contributed by atoms with Gasteiger partial charge in [0.1, 0.15) is 11.5 Å². The normalized spacial score (nSPS) is 21.4. The lowest BCUT2D eigenvalue weighted by atomic mass is 10.2. The Kier molecular flexibility index (Phi) is 3.97. The van der Waals surface area contributed by atoms with Gasteiger partial charge >= 0.3 is 5.69 Å². The van der Waals surface area contributed by atoms with Crippen molar-refractivity contribution in [1.82, 2.24) is 9.55 Å². The van der Waals surface area contributed by atoms with Gasteiger partial charge in [0.05, 0.1) is 0 Å². The topological polar surface area (TPSA) is 92.9 Å². The highest BCUT2D eigenvalue weighted by Crippen LogP contribution is 2.37. The fourth-order valence-electron chi connectivity index (χ4n) is 2.47. The number of anilines is 2. The van der Waals surface area contributed by atoms with E-state index in [0.29, 0.717) is 24.2 Å². The first kappa shape index (κ1) is 13.7. The molecule has 4 N–H and O–H groups in total. The lowest BCUT2D eigenvalue weighted by Crippen LogP contribution is -2.34. The molecule has 1 aliphatic rings. The fourth-order valence-corrected chi connectivity index (χ4v) is 2.47. The third-order valence-electron chi connectivity index (χ3n) is 3.60. The van der Waals surface area contributed by atoms with E-state index in [0.717, 1.165) is 25.7 Å². The van der Waals surface area contributed by atoms with Crippen LogP contribution in [-0.2, 0) is 6.54 Å². The SMILES string of the molecule is CCCC1CC1Nc1c(N)n(CCC)c(=O)[nH]c1=O. The Morgan fingerprint density at radius 1 is 1.37 bits per heavy atom. The van der Waals surface area contributed by atoms with Gasteiger partial charge in [0, 0.05) is 12.6 Å². The molecule has 0 amide bonds. The van der Waals surface area contributed by atoms with Crippen LogP contribution < -0.4 is 22.3 Å². The van der Waals surface area contributed by atoms with Crippen LogP contribution in [0.5, 0.6) is 0 Å². The van der Waals surface area contributed by atoms with Crippen molar-refractivity contribution in [3.63, 3.8) is 0 Å². The molecule has 6 heteroatoms. The van der Waals surface area contributed by atoms with E-state index in [2.05, 4.69) is 17.2 Å². The number of nitrogens with two attached hydrogens (primary N) is 1. The van der Waals surface area contributed by atoms with Crippen LogP contribution in [0.3, 0.4) is 0 Å². The molecule has 1 fully saturated rings. The van der Waals surface area contributed by atoms with Gasteiger partial charge in [-0.25, -0.2) is 4.79 Å². The average molecular weight is 266 g/mol. The number of H-pyrrole nitrogens is 1. The maximum absolute atomic E-state index is 11.8. The van der Waals surface area contributed by atoms with Gasteiger partial charge in [0.2, 0.25) is 0 Å². The molecule has 1 aromatic rings. The number of hydrogen-bond acceptors (Lipinski definition) is 4. The molecule has 1 saturated carbocycles. The van der Waals surface area contributed by atoms with Crippen molar-refractivity contribution in [3.8, 4) is 0 Å². The molecule has 1 aromatic heterocycles. The molecule has 0 saturated heterocycles. The summed E-state index contributed by atoms with van der Waals surface area (Å²) in [5.41, 5.74) is 5.44. The zero-order chi connectivity index (χ0) is 14.0. The minimum atomic E-state index is -0.434. The van der Waals surface area contributed by atoms with Crippen LogP contribution in [0.25, 0.3) is 0 Å². The van der Waals surface area contributed by atoms with Crippen LogP contribution >= 0.6 is 0 Å². The molecular formula is C13H22N4O2. The van der Waals surface area contributed by atoms with Crippen molar-refractivity contribution in [3.05, 3.63) is 20.8 Å². The molecule has 2 rings (SSSR count). The minimum Gasteiger partial charge on any atom is -0.383 e. The summed E-state index contributed by atoms with van der Waals surface area (Å²) >= 11 is 0. The van der Waals surface area contributed by atoms with E-state index in [1.807, 2.05) is 6.92 Å². The largest absolute Gasteiger partial charge is 0.383 e. The van der Waals surface area contributed by atoms with Crippen molar-refractivity contribution in [2.45, 2.75) is 52.1 Å². The van der Waals surface area contributed by atoms with Crippen molar-refractivity contribution in [1.29, 1.82) is 0 Å². The third kappa shape index (κ3) is 2.83. The second-order valence-electron chi connectivity index (χ2n) is 5.21. The smallest absolute Gasteiger partial charge is 0.330 e. The maximum Gasteiger partial charge on any atom is 0.330 e. The van der Waals surface area contributed by atoms with E-state index in [-0.39, 0.29) is 5.82 Å². The second kappa shape index (κ2) is 5.50. The Morgan fingerprint density at radius 2 is 2.11 bits per heavy atom. The summed E-state index contributed by atoms with van der Waals surface area (Å²) in [6, 6.07) is 0.316. The molecule has 0 spiro atoms. The molecule has 19 heavy (non-hydrogen) atoms. The molecule has 1 heterocycles. The number of nitrogens with zero attached hydrogens (tertiary/aromatic N) is 1. The molecule has 2 atom stereocenters. The monoisotopic (exact) mass is 266 g/mol. The van der Waals surface area contributed by atoms with Gasteiger partial charge in [0.15, 0.2) is 0 Å². The van der Waals surface area contributed by atoms with E-state index in [4.69, 9.17) is 5.73 Å². The molecule has 0 bridgehead atoms. The van der Waals surface area contributed by atoms with Crippen LogP contribution in [0.15, 0.2) is 9.59 Å². The lowest BCUT2D eigenvalue weighted by molar-refractivity contribution is 0.641. The zero-order valence-corrected chi connectivity index (χ0v) is 11.5. The Hall–Kier alpha value is -1.72. The fraction of sp³-hybridized carbons (Fsp3) is 0.692. The van der Waals surface area contributed by atoms with Crippen LogP contribution in [0.2, 0.25) is 0 Å². The number of aromatic amines is 1.